The molecular weight excluding hydrogens is 403 g/mol. The summed E-state index contributed by atoms with van der Waals surface area (Å²) in [5.74, 6) is 3.40. The normalized spacial score (nSPS) is 21.8. The van der Waals surface area contributed by atoms with Crippen LogP contribution in [0.4, 0.5) is 5.95 Å². The smallest absolute Gasteiger partial charge is 0.204 e. The Labute approximate surface area is 157 Å². The van der Waals surface area contributed by atoms with Crippen LogP contribution < -0.4 is 10.2 Å². The number of imidazole rings is 1. The number of likely N-dealkylation sites (tertiary alicyclic amines) is 1. The Balaban J connectivity index is 0.00000264. The second-order valence-electron chi connectivity index (χ2n) is 6.75. The lowest BCUT2D eigenvalue weighted by atomic mass is 9.92. The molecule has 2 atom stereocenters. The second-order valence-corrected chi connectivity index (χ2v) is 6.75. The molecule has 1 aliphatic rings. The van der Waals surface area contributed by atoms with Crippen molar-refractivity contribution >= 4 is 35.9 Å². The SMILES string of the molecule is CN=C(NCc1cnc(N(C)C)n1C)N1CC(C)CC(C)C1.I. The molecule has 132 valence electrons. The van der Waals surface area contributed by atoms with Crippen molar-refractivity contribution < 1.29 is 0 Å². The minimum atomic E-state index is 0. The van der Waals surface area contributed by atoms with E-state index in [9.17, 15) is 0 Å². The van der Waals surface area contributed by atoms with Gasteiger partial charge in [0, 0.05) is 41.3 Å². The number of rotatable bonds is 3. The maximum Gasteiger partial charge on any atom is 0.204 e. The van der Waals surface area contributed by atoms with Gasteiger partial charge in [0.05, 0.1) is 18.4 Å². The number of aromatic nitrogens is 2. The molecule has 2 rings (SSSR count). The van der Waals surface area contributed by atoms with E-state index in [1.165, 1.54) is 6.42 Å². The van der Waals surface area contributed by atoms with Crippen LogP contribution in [-0.4, -0.2) is 54.6 Å². The Morgan fingerprint density at radius 1 is 1.35 bits per heavy atom. The van der Waals surface area contributed by atoms with E-state index in [0.717, 1.165) is 49.1 Å². The third kappa shape index (κ3) is 4.99. The average Bonchev–Trinajstić information content (AvgIpc) is 2.80. The fourth-order valence-electron chi connectivity index (χ4n) is 3.35. The Morgan fingerprint density at radius 2 is 1.96 bits per heavy atom. The first kappa shape index (κ1) is 20.1. The van der Waals surface area contributed by atoms with E-state index in [0.29, 0.717) is 0 Å². The number of hydrogen-bond acceptors (Lipinski definition) is 3. The van der Waals surface area contributed by atoms with Crippen LogP contribution in [0.5, 0.6) is 0 Å². The van der Waals surface area contributed by atoms with E-state index in [-0.39, 0.29) is 24.0 Å². The van der Waals surface area contributed by atoms with Crippen LogP contribution in [0, 0.1) is 11.8 Å². The summed E-state index contributed by atoms with van der Waals surface area (Å²) in [7, 11) is 7.93. The standard InChI is InChI=1S/C16H30N6.HI/c1-12-7-13(2)11-22(10-12)15(17-3)18-8-14-9-19-16(20(4)5)21(14)6;/h9,12-13H,7-8,10-11H2,1-6H3,(H,17,18);1H. The van der Waals surface area contributed by atoms with Crippen molar-refractivity contribution in [3.63, 3.8) is 0 Å². The van der Waals surface area contributed by atoms with E-state index in [1.54, 1.807) is 0 Å². The number of guanidine groups is 1. The van der Waals surface area contributed by atoms with Gasteiger partial charge >= 0.3 is 0 Å². The molecule has 0 bridgehead atoms. The number of nitrogens with zero attached hydrogens (tertiary/aromatic N) is 5. The van der Waals surface area contributed by atoms with Gasteiger partial charge in [-0.25, -0.2) is 4.98 Å². The first-order valence-corrected chi connectivity index (χ1v) is 8.05. The molecule has 23 heavy (non-hydrogen) atoms. The molecule has 0 aliphatic carbocycles. The first-order valence-electron chi connectivity index (χ1n) is 8.05. The Bertz CT molecular complexity index is 515. The summed E-state index contributed by atoms with van der Waals surface area (Å²) < 4.78 is 2.11. The predicted molar refractivity (Wildman–Crippen MR) is 108 cm³/mol. The van der Waals surface area contributed by atoms with Crippen molar-refractivity contribution in [1.29, 1.82) is 0 Å². The zero-order valence-corrected chi connectivity index (χ0v) is 17.5. The summed E-state index contributed by atoms with van der Waals surface area (Å²) in [6.45, 7) is 7.54. The number of aliphatic imine (C=N–C) groups is 1. The van der Waals surface area contributed by atoms with Gasteiger partial charge in [-0.2, -0.15) is 0 Å². The van der Waals surface area contributed by atoms with Crippen LogP contribution >= 0.6 is 24.0 Å². The van der Waals surface area contributed by atoms with E-state index in [2.05, 4.69) is 38.6 Å². The lowest BCUT2D eigenvalue weighted by molar-refractivity contribution is 0.208. The molecule has 1 aromatic heterocycles. The summed E-state index contributed by atoms with van der Waals surface area (Å²) in [5.41, 5.74) is 1.16. The van der Waals surface area contributed by atoms with Gasteiger partial charge in [-0.1, -0.05) is 13.8 Å². The minimum Gasteiger partial charge on any atom is -0.351 e. The van der Waals surface area contributed by atoms with Crippen LogP contribution in [0.1, 0.15) is 26.0 Å². The lowest BCUT2D eigenvalue weighted by Gasteiger charge is -2.37. The predicted octanol–water partition coefficient (Wildman–Crippen LogP) is 2.16. The number of anilines is 1. The maximum absolute atomic E-state index is 4.46. The number of nitrogens with one attached hydrogen (secondary N) is 1. The van der Waals surface area contributed by atoms with E-state index < -0.39 is 0 Å². The van der Waals surface area contributed by atoms with Crippen molar-refractivity contribution in [1.82, 2.24) is 19.8 Å². The molecule has 0 aromatic carbocycles. The second kappa shape index (κ2) is 8.75. The maximum atomic E-state index is 4.46. The molecule has 1 N–H and O–H groups in total. The van der Waals surface area contributed by atoms with Crippen molar-refractivity contribution in [2.75, 3.05) is 39.1 Å². The molecular formula is C16H31IN6. The third-order valence-corrected chi connectivity index (χ3v) is 4.27. The summed E-state index contributed by atoms with van der Waals surface area (Å²) in [6.07, 6.45) is 3.23. The highest BCUT2D eigenvalue weighted by Gasteiger charge is 2.24. The third-order valence-electron chi connectivity index (χ3n) is 4.27. The van der Waals surface area contributed by atoms with E-state index in [4.69, 9.17) is 0 Å². The highest BCUT2D eigenvalue weighted by molar-refractivity contribution is 14.0. The summed E-state index contributed by atoms with van der Waals surface area (Å²) >= 11 is 0. The molecule has 0 spiro atoms. The zero-order chi connectivity index (χ0) is 16.3. The Kier molecular flexibility index (Phi) is 7.63. The molecule has 0 saturated carbocycles. The van der Waals surface area contributed by atoms with Gasteiger partial charge in [0.1, 0.15) is 0 Å². The lowest BCUT2D eigenvalue weighted by Crippen LogP contribution is -2.48. The van der Waals surface area contributed by atoms with Crippen LogP contribution in [0.2, 0.25) is 0 Å². The van der Waals surface area contributed by atoms with E-state index in [1.807, 2.05) is 39.3 Å². The highest BCUT2D eigenvalue weighted by Crippen LogP contribution is 2.21. The van der Waals surface area contributed by atoms with Gasteiger partial charge in [0.25, 0.3) is 0 Å². The van der Waals surface area contributed by atoms with Crippen LogP contribution in [-0.2, 0) is 13.6 Å². The fraction of sp³-hybridized carbons (Fsp3) is 0.750. The van der Waals surface area contributed by atoms with Gasteiger partial charge in [0.2, 0.25) is 5.95 Å². The minimum absolute atomic E-state index is 0. The molecule has 0 radical (unpaired) electrons. The van der Waals surface area contributed by atoms with E-state index >= 15 is 0 Å². The average molecular weight is 434 g/mol. The fourth-order valence-corrected chi connectivity index (χ4v) is 3.35. The molecule has 7 heteroatoms. The van der Waals surface area contributed by atoms with Crippen molar-refractivity contribution in [2.24, 2.45) is 23.9 Å². The van der Waals surface area contributed by atoms with Crippen molar-refractivity contribution in [2.45, 2.75) is 26.8 Å². The molecule has 2 unspecified atom stereocenters. The zero-order valence-electron chi connectivity index (χ0n) is 15.2. The number of piperidine rings is 1. The molecule has 1 fully saturated rings. The van der Waals surface area contributed by atoms with Gasteiger partial charge < -0.3 is 19.7 Å². The quantitative estimate of drug-likeness (QED) is 0.450. The topological polar surface area (TPSA) is 48.7 Å². The van der Waals surface area contributed by atoms with Gasteiger partial charge in [-0.15, -0.1) is 24.0 Å². The van der Waals surface area contributed by atoms with Crippen molar-refractivity contribution in [3.8, 4) is 0 Å². The van der Waals surface area contributed by atoms with Crippen molar-refractivity contribution in [3.05, 3.63) is 11.9 Å². The van der Waals surface area contributed by atoms with Gasteiger partial charge in [0.15, 0.2) is 5.96 Å². The summed E-state index contributed by atoms with van der Waals surface area (Å²) in [5, 5.41) is 3.49. The number of hydrogen-bond donors (Lipinski definition) is 1. The largest absolute Gasteiger partial charge is 0.351 e. The Morgan fingerprint density at radius 3 is 2.43 bits per heavy atom. The molecule has 2 heterocycles. The summed E-state index contributed by atoms with van der Waals surface area (Å²) in [4.78, 5) is 13.3. The van der Waals surface area contributed by atoms with Gasteiger partial charge in [-0.05, 0) is 18.3 Å². The first-order chi connectivity index (χ1) is 10.4. The highest BCUT2D eigenvalue weighted by atomic mass is 127. The Hall–Kier alpha value is -0.990. The summed E-state index contributed by atoms with van der Waals surface area (Å²) in [6, 6.07) is 0. The van der Waals surface area contributed by atoms with Crippen LogP contribution in [0.3, 0.4) is 0 Å². The monoisotopic (exact) mass is 434 g/mol. The molecule has 1 aliphatic heterocycles. The molecule has 1 saturated heterocycles. The molecule has 6 nitrogen and oxygen atoms in total. The van der Waals surface area contributed by atoms with Gasteiger partial charge in [-0.3, -0.25) is 4.99 Å². The number of halogens is 1. The molecule has 1 aromatic rings. The van der Waals surface area contributed by atoms with Crippen LogP contribution in [0.15, 0.2) is 11.2 Å². The van der Waals surface area contributed by atoms with Crippen LogP contribution in [0.25, 0.3) is 0 Å². The molecule has 0 amide bonds.